The van der Waals surface area contributed by atoms with Gasteiger partial charge in [-0.05, 0) is 37.3 Å². The molecule has 3 heterocycles. The highest BCUT2D eigenvalue weighted by Gasteiger charge is 2.38. The Labute approximate surface area is 191 Å². The molecule has 1 unspecified atom stereocenters. The number of hydrogen-bond donors (Lipinski definition) is 1. The molecule has 172 valence electrons. The molecule has 32 heavy (non-hydrogen) atoms. The fourth-order valence-electron chi connectivity index (χ4n) is 4.28. The first-order chi connectivity index (χ1) is 15.3. The average molecular weight is 480 g/mol. The lowest BCUT2D eigenvalue weighted by atomic mass is 9.97. The van der Waals surface area contributed by atoms with Crippen molar-refractivity contribution in [3.8, 4) is 0 Å². The molecule has 2 aliphatic rings. The molecule has 4 rings (SSSR count). The number of hydrogen-bond acceptors (Lipinski definition) is 8. The highest BCUT2D eigenvalue weighted by atomic mass is 32.2. The molecule has 1 aromatic heterocycles. The Hall–Kier alpha value is -2.40. The van der Waals surface area contributed by atoms with Crippen LogP contribution in [-0.4, -0.2) is 73.4 Å². The molecular formula is C21H26FN5O3S2. The highest BCUT2D eigenvalue weighted by Crippen LogP contribution is 2.28. The number of piperidine rings is 1. The summed E-state index contributed by atoms with van der Waals surface area (Å²) in [5.74, 6) is 0.0644. The Morgan fingerprint density at radius 1 is 1.22 bits per heavy atom. The summed E-state index contributed by atoms with van der Waals surface area (Å²) in [7, 11) is -3.50. The second-order valence-electron chi connectivity index (χ2n) is 8.08. The van der Waals surface area contributed by atoms with Gasteiger partial charge in [0.2, 0.25) is 11.9 Å². The van der Waals surface area contributed by atoms with Gasteiger partial charge in [0.25, 0.3) is 0 Å². The van der Waals surface area contributed by atoms with Gasteiger partial charge < -0.3 is 15.1 Å². The van der Waals surface area contributed by atoms with Crippen molar-refractivity contribution in [1.82, 2.24) is 14.9 Å². The Balaban J connectivity index is 1.59. The van der Waals surface area contributed by atoms with Crippen LogP contribution in [0.25, 0.3) is 0 Å². The van der Waals surface area contributed by atoms with Crippen molar-refractivity contribution in [2.75, 3.05) is 42.4 Å². The van der Waals surface area contributed by atoms with Gasteiger partial charge in [-0.1, -0.05) is 0 Å². The third-order valence-electron chi connectivity index (χ3n) is 5.93. The molecule has 0 radical (unpaired) electrons. The molecule has 1 amide bonds. The number of rotatable bonds is 6. The van der Waals surface area contributed by atoms with Crippen LogP contribution in [0.2, 0.25) is 0 Å². The second kappa shape index (κ2) is 9.22. The fraction of sp³-hybridized carbons (Fsp3) is 0.476. The number of aromatic nitrogens is 2. The molecule has 0 spiro atoms. The summed E-state index contributed by atoms with van der Waals surface area (Å²) < 4.78 is 38.3. The lowest BCUT2D eigenvalue weighted by Crippen LogP contribution is -2.57. The SMILES string of the molecule is CSc1cnc(N2CCC(N3CCCC3=O)[C@H](Nc3ccc(S(C)(=O)=O)cc3F)C2)nc1. The maximum absolute atomic E-state index is 14.8. The third-order valence-corrected chi connectivity index (χ3v) is 7.72. The number of anilines is 2. The van der Waals surface area contributed by atoms with Gasteiger partial charge in [-0.15, -0.1) is 11.8 Å². The summed E-state index contributed by atoms with van der Waals surface area (Å²) in [6.07, 6.45) is 8.60. The summed E-state index contributed by atoms with van der Waals surface area (Å²) in [5.41, 5.74) is 0.208. The molecule has 8 nitrogen and oxygen atoms in total. The van der Waals surface area contributed by atoms with Crippen LogP contribution in [0.5, 0.6) is 0 Å². The van der Waals surface area contributed by atoms with Gasteiger partial charge in [0, 0.05) is 49.6 Å². The Bertz CT molecular complexity index is 1100. The molecule has 2 fully saturated rings. The van der Waals surface area contributed by atoms with Crippen LogP contribution < -0.4 is 10.2 Å². The van der Waals surface area contributed by atoms with Gasteiger partial charge >= 0.3 is 0 Å². The van der Waals surface area contributed by atoms with E-state index in [2.05, 4.69) is 15.3 Å². The molecule has 0 aliphatic carbocycles. The normalized spacial score (nSPS) is 21.8. The van der Waals surface area contributed by atoms with E-state index in [0.29, 0.717) is 38.4 Å². The van der Waals surface area contributed by atoms with E-state index >= 15 is 0 Å². The summed E-state index contributed by atoms with van der Waals surface area (Å²) in [5, 5.41) is 3.23. The summed E-state index contributed by atoms with van der Waals surface area (Å²) in [6, 6.07) is 3.49. The molecule has 2 aromatic rings. The van der Waals surface area contributed by atoms with E-state index in [1.54, 1.807) is 24.2 Å². The standard InChI is InChI=1S/C21H26FN5O3S2/c1-31-14-11-23-21(24-12-14)26-9-7-19(27-8-3-4-20(27)28)18(13-26)25-17-6-5-15(10-16(17)22)32(2,29)30/h5-6,10-12,18-19,25H,3-4,7-9,13H2,1-2H3/t18-,19?/m1/s1. The van der Waals surface area contributed by atoms with Gasteiger partial charge in [0.15, 0.2) is 9.84 Å². The molecule has 2 aliphatic heterocycles. The lowest BCUT2D eigenvalue weighted by molar-refractivity contribution is -0.130. The number of likely N-dealkylation sites (tertiary alicyclic amines) is 1. The van der Waals surface area contributed by atoms with Gasteiger partial charge in [-0.3, -0.25) is 4.79 Å². The summed E-state index contributed by atoms with van der Waals surface area (Å²) in [4.78, 5) is 26.1. The Morgan fingerprint density at radius 3 is 2.56 bits per heavy atom. The van der Waals surface area contributed by atoms with Crippen molar-refractivity contribution in [2.45, 2.75) is 41.1 Å². The van der Waals surface area contributed by atoms with E-state index in [0.717, 1.165) is 23.6 Å². The minimum Gasteiger partial charge on any atom is -0.376 e. The Kier molecular flexibility index (Phi) is 6.57. The van der Waals surface area contributed by atoms with E-state index in [1.807, 2.05) is 16.1 Å². The minimum absolute atomic E-state index is 0.0700. The smallest absolute Gasteiger partial charge is 0.225 e. The third kappa shape index (κ3) is 4.83. The highest BCUT2D eigenvalue weighted by molar-refractivity contribution is 7.98. The van der Waals surface area contributed by atoms with Crippen LogP contribution in [0.15, 0.2) is 40.4 Å². The zero-order valence-corrected chi connectivity index (χ0v) is 19.6. The number of carbonyl (C=O) groups excluding carboxylic acids is 1. The molecule has 0 bridgehead atoms. The van der Waals surface area contributed by atoms with Crippen molar-refractivity contribution in [1.29, 1.82) is 0 Å². The number of nitrogens with one attached hydrogen (secondary N) is 1. The second-order valence-corrected chi connectivity index (χ2v) is 11.0. The van der Waals surface area contributed by atoms with Gasteiger partial charge in [-0.25, -0.2) is 22.8 Å². The monoisotopic (exact) mass is 479 g/mol. The average Bonchev–Trinajstić information content (AvgIpc) is 3.20. The number of amides is 1. The van der Waals surface area contributed by atoms with Crippen molar-refractivity contribution >= 4 is 39.1 Å². The number of carbonyl (C=O) groups is 1. The summed E-state index contributed by atoms with van der Waals surface area (Å²) in [6.45, 7) is 1.86. The largest absolute Gasteiger partial charge is 0.376 e. The zero-order valence-electron chi connectivity index (χ0n) is 18.0. The first-order valence-corrected chi connectivity index (χ1v) is 13.5. The number of halogens is 1. The van der Waals surface area contributed by atoms with Crippen molar-refractivity contribution in [2.24, 2.45) is 0 Å². The van der Waals surface area contributed by atoms with E-state index in [9.17, 15) is 17.6 Å². The molecule has 2 saturated heterocycles. The predicted molar refractivity (Wildman–Crippen MR) is 122 cm³/mol. The van der Waals surface area contributed by atoms with Gasteiger partial charge in [-0.2, -0.15) is 0 Å². The van der Waals surface area contributed by atoms with Crippen LogP contribution >= 0.6 is 11.8 Å². The fourth-order valence-corrected chi connectivity index (χ4v) is 5.23. The number of sulfone groups is 1. The van der Waals surface area contributed by atoms with E-state index < -0.39 is 15.7 Å². The molecule has 1 N–H and O–H groups in total. The lowest BCUT2D eigenvalue weighted by Gasteiger charge is -2.43. The number of nitrogens with zero attached hydrogens (tertiary/aromatic N) is 4. The van der Waals surface area contributed by atoms with E-state index in [4.69, 9.17) is 0 Å². The van der Waals surface area contributed by atoms with Crippen molar-refractivity contribution in [3.63, 3.8) is 0 Å². The predicted octanol–water partition coefficient (Wildman–Crippen LogP) is 2.42. The molecule has 1 aromatic carbocycles. The van der Waals surface area contributed by atoms with Gasteiger partial charge in [0.05, 0.1) is 22.7 Å². The van der Waals surface area contributed by atoms with Crippen LogP contribution in [0.1, 0.15) is 19.3 Å². The quantitative estimate of drug-likeness (QED) is 0.632. The van der Waals surface area contributed by atoms with Crippen LogP contribution in [0.4, 0.5) is 16.0 Å². The zero-order chi connectivity index (χ0) is 22.9. The molecule has 0 saturated carbocycles. The number of thioether (sulfide) groups is 1. The number of benzene rings is 1. The van der Waals surface area contributed by atoms with Crippen LogP contribution in [0, 0.1) is 5.82 Å². The van der Waals surface area contributed by atoms with E-state index in [1.165, 1.54) is 12.1 Å². The maximum atomic E-state index is 14.8. The van der Waals surface area contributed by atoms with Crippen molar-refractivity contribution < 1.29 is 17.6 Å². The minimum atomic E-state index is -3.50. The summed E-state index contributed by atoms with van der Waals surface area (Å²) >= 11 is 1.56. The Morgan fingerprint density at radius 2 is 1.97 bits per heavy atom. The maximum Gasteiger partial charge on any atom is 0.225 e. The van der Waals surface area contributed by atoms with Crippen LogP contribution in [-0.2, 0) is 14.6 Å². The van der Waals surface area contributed by atoms with Crippen LogP contribution in [0.3, 0.4) is 0 Å². The molecule has 11 heteroatoms. The molecule has 2 atom stereocenters. The first-order valence-electron chi connectivity index (χ1n) is 10.4. The van der Waals surface area contributed by atoms with E-state index in [-0.39, 0.29) is 28.6 Å². The van der Waals surface area contributed by atoms with Gasteiger partial charge in [0.1, 0.15) is 5.82 Å². The van der Waals surface area contributed by atoms with Crippen molar-refractivity contribution in [3.05, 3.63) is 36.4 Å². The molecular weight excluding hydrogens is 453 g/mol. The topological polar surface area (TPSA) is 95.5 Å². The first kappa shape index (κ1) is 22.8.